The quantitative estimate of drug-likeness (QED) is 0.811. The molecule has 1 heterocycles. The van der Waals surface area contributed by atoms with Crippen molar-refractivity contribution in [2.24, 2.45) is 0 Å². The molecule has 0 unspecified atom stereocenters. The molecule has 0 aromatic heterocycles. The molecule has 0 aliphatic carbocycles. The second kappa shape index (κ2) is 6.70. The first-order valence-electron chi connectivity index (χ1n) is 7.04. The number of aliphatic hydroxyl groups is 2. The van der Waals surface area contributed by atoms with E-state index in [0.717, 1.165) is 0 Å². The van der Waals surface area contributed by atoms with Crippen LogP contribution in [0.3, 0.4) is 0 Å². The van der Waals surface area contributed by atoms with Crippen molar-refractivity contribution >= 4 is 11.7 Å². The van der Waals surface area contributed by atoms with E-state index in [9.17, 15) is 19.8 Å². The van der Waals surface area contributed by atoms with Gasteiger partial charge in [-0.15, -0.1) is 0 Å². The number of hydrogen-bond donors (Lipinski definition) is 2. The third kappa shape index (κ3) is 2.87. The molecular weight excluding hydrogens is 302 g/mol. The van der Waals surface area contributed by atoms with E-state index in [4.69, 9.17) is 9.47 Å². The van der Waals surface area contributed by atoms with Crippen molar-refractivity contribution in [1.82, 2.24) is 4.90 Å². The van der Waals surface area contributed by atoms with Crippen LogP contribution in [0, 0.1) is 0 Å². The maximum Gasteiger partial charge on any atom is 0.290 e. The fourth-order valence-electron chi connectivity index (χ4n) is 2.73. The molecule has 1 amide bonds. The van der Waals surface area contributed by atoms with Gasteiger partial charge in [-0.1, -0.05) is 0 Å². The first-order valence-corrected chi connectivity index (χ1v) is 7.04. The van der Waals surface area contributed by atoms with Crippen LogP contribution in [0.2, 0.25) is 0 Å². The van der Waals surface area contributed by atoms with Gasteiger partial charge in [0.1, 0.15) is 11.5 Å². The zero-order valence-electron chi connectivity index (χ0n) is 13.2. The number of aliphatic hydroxyl groups excluding tert-OH is 2. The van der Waals surface area contributed by atoms with Gasteiger partial charge in [0.25, 0.3) is 5.91 Å². The molecule has 1 atom stereocenters. The highest BCUT2D eigenvalue weighted by atomic mass is 16.5. The van der Waals surface area contributed by atoms with Crippen molar-refractivity contribution in [3.8, 4) is 11.5 Å². The van der Waals surface area contributed by atoms with E-state index in [-0.39, 0.29) is 18.7 Å². The predicted molar refractivity (Wildman–Crippen MR) is 81.4 cm³/mol. The molecule has 1 aliphatic heterocycles. The Kier molecular flexibility index (Phi) is 4.90. The van der Waals surface area contributed by atoms with Gasteiger partial charge < -0.3 is 24.6 Å². The number of β-amino-alcohol motifs (C(OH)–C–C–N with tert-alkyl or cyclic N) is 1. The second-order valence-electron chi connectivity index (χ2n) is 5.05. The minimum atomic E-state index is -0.836. The number of benzene rings is 1. The number of carbonyl (C=O) groups is 2. The Morgan fingerprint density at radius 3 is 2.52 bits per heavy atom. The minimum absolute atomic E-state index is 0.0185. The summed E-state index contributed by atoms with van der Waals surface area (Å²) in [5.74, 6) is -0.752. The molecule has 0 saturated heterocycles. The molecule has 0 fully saturated rings. The molecule has 124 valence electrons. The van der Waals surface area contributed by atoms with E-state index in [1.165, 1.54) is 26.0 Å². The van der Waals surface area contributed by atoms with Crippen LogP contribution in [0.5, 0.6) is 11.5 Å². The highest BCUT2D eigenvalue weighted by molar-refractivity contribution is 6.08. The van der Waals surface area contributed by atoms with E-state index in [1.54, 1.807) is 18.2 Å². The summed E-state index contributed by atoms with van der Waals surface area (Å²) in [7, 11) is 2.96. The van der Waals surface area contributed by atoms with E-state index in [0.29, 0.717) is 17.1 Å². The van der Waals surface area contributed by atoms with Crippen LogP contribution >= 0.6 is 0 Å². The Labute approximate surface area is 133 Å². The largest absolute Gasteiger partial charge is 0.503 e. The molecule has 0 saturated carbocycles. The van der Waals surface area contributed by atoms with Crippen LogP contribution in [0.1, 0.15) is 18.5 Å². The molecule has 23 heavy (non-hydrogen) atoms. The molecule has 2 N–H and O–H groups in total. The van der Waals surface area contributed by atoms with E-state index < -0.39 is 23.5 Å². The number of nitrogens with zero attached hydrogens (tertiary/aromatic N) is 1. The summed E-state index contributed by atoms with van der Waals surface area (Å²) < 4.78 is 10.5. The minimum Gasteiger partial charge on any atom is -0.503 e. The monoisotopic (exact) mass is 321 g/mol. The molecule has 7 nitrogen and oxygen atoms in total. The Morgan fingerprint density at radius 1 is 1.30 bits per heavy atom. The number of ether oxygens (including phenoxy) is 2. The lowest BCUT2D eigenvalue weighted by Gasteiger charge is -2.27. The van der Waals surface area contributed by atoms with E-state index >= 15 is 0 Å². The van der Waals surface area contributed by atoms with Crippen LogP contribution in [-0.2, 0) is 9.59 Å². The number of methoxy groups -OCH3 is 2. The summed E-state index contributed by atoms with van der Waals surface area (Å²) in [6, 6.07) is 4.15. The normalized spacial score (nSPS) is 17.7. The lowest BCUT2D eigenvalue weighted by molar-refractivity contribution is -0.129. The van der Waals surface area contributed by atoms with Gasteiger partial charge in [-0.3, -0.25) is 9.59 Å². The van der Waals surface area contributed by atoms with Gasteiger partial charge in [-0.05, 0) is 25.1 Å². The van der Waals surface area contributed by atoms with Crippen molar-refractivity contribution in [1.29, 1.82) is 0 Å². The summed E-state index contributed by atoms with van der Waals surface area (Å²) >= 11 is 0. The first kappa shape index (κ1) is 16.8. The van der Waals surface area contributed by atoms with Gasteiger partial charge in [0, 0.05) is 12.1 Å². The van der Waals surface area contributed by atoms with E-state index in [1.807, 2.05) is 0 Å². The molecule has 0 bridgehead atoms. The van der Waals surface area contributed by atoms with Crippen molar-refractivity contribution < 1.29 is 29.3 Å². The van der Waals surface area contributed by atoms with Gasteiger partial charge in [-0.25, -0.2) is 0 Å². The molecular formula is C16H19NO6. The average molecular weight is 321 g/mol. The highest BCUT2D eigenvalue weighted by Gasteiger charge is 2.43. The van der Waals surface area contributed by atoms with Gasteiger partial charge >= 0.3 is 0 Å². The summed E-state index contributed by atoms with van der Waals surface area (Å²) in [4.78, 5) is 25.4. The fraction of sp³-hybridized carbons (Fsp3) is 0.375. The Hall–Kier alpha value is -2.54. The third-order valence-corrected chi connectivity index (χ3v) is 3.76. The fourth-order valence-corrected chi connectivity index (χ4v) is 2.73. The maximum absolute atomic E-state index is 12.2. The average Bonchev–Trinajstić information content (AvgIpc) is 2.79. The molecule has 7 heteroatoms. The molecule has 0 radical (unpaired) electrons. The third-order valence-electron chi connectivity index (χ3n) is 3.76. The van der Waals surface area contributed by atoms with Crippen LogP contribution in [-0.4, -0.2) is 54.2 Å². The molecule has 0 spiro atoms. The van der Waals surface area contributed by atoms with Crippen molar-refractivity contribution in [2.75, 3.05) is 27.4 Å². The number of carbonyl (C=O) groups excluding carboxylic acids is 2. The number of amides is 1. The standard InChI is InChI=1S/C16H19NO6/c1-9(19)13-14(17(6-7-18)16(21)15(13)20)11-8-10(22-2)4-5-12(11)23-3/h4-5,8,14,18,20H,6-7H2,1-3H3/t14-/m1/s1. The Balaban J connectivity index is 2.65. The molecule has 2 rings (SSSR count). The summed E-state index contributed by atoms with van der Waals surface area (Å²) in [5.41, 5.74) is 0.484. The topological polar surface area (TPSA) is 96.3 Å². The van der Waals surface area contributed by atoms with Gasteiger partial charge in [0.2, 0.25) is 0 Å². The van der Waals surface area contributed by atoms with Crippen molar-refractivity contribution in [2.45, 2.75) is 13.0 Å². The number of hydrogen-bond acceptors (Lipinski definition) is 6. The van der Waals surface area contributed by atoms with Gasteiger partial charge in [-0.2, -0.15) is 0 Å². The zero-order chi connectivity index (χ0) is 17.1. The smallest absolute Gasteiger partial charge is 0.290 e. The maximum atomic E-state index is 12.2. The number of ketones is 1. The SMILES string of the molecule is COc1ccc(OC)c([C@@H]2C(C(C)=O)=C(O)C(=O)N2CCO)c1. The Bertz CT molecular complexity index is 667. The van der Waals surface area contributed by atoms with E-state index in [2.05, 4.69) is 0 Å². The lowest BCUT2D eigenvalue weighted by Crippen LogP contribution is -2.33. The molecule has 1 aliphatic rings. The second-order valence-corrected chi connectivity index (χ2v) is 5.05. The van der Waals surface area contributed by atoms with Gasteiger partial charge in [0.15, 0.2) is 11.5 Å². The predicted octanol–water partition coefficient (Wildman–Crippen LogP) is 0.980. The van der Waals surface area contributed by atoms with Crippen LogP contribution in [0.4, 0.5) is 0 Å². The molecule has 1 aromatic rings. The van der Waals surface area contributed by atoms with Crippen LogP contribution in [0.15, 0.2) is 29.5 Å². The summed E-state index contributed by atoms with van der Waals surface area (Å²) in [6.45, 7) is 0.957. The molecule has 1 aromatic carbocycles. The number of rotatable bonds is 6. The lowest BCUT2D eigenvalue weighted by atomic mass is 9.95. The highest BCUT2D eigenvalue weighted by Crippen LogP contribution is 2.42. The summed E-state index contributed by atoms with van der Waals surface area (Å²) in [5, 5.41) is 19.3. The number of Topliss-reactive ketones (excluding diaryl/α,β-unsaturated/α-hetero) is 1. The first-order chi connectivity index (χ1) is 11.0. The van der Waals surface area contributed by atoms with Gasteiger partial charge in [0.05, 0.1) is 32.4 Å². The zero-order valence-corrected chi connectivity index (χ0v) is 13.2. The van der Waals surface area contributed by atoms with Crippen molar-refractivity contribution in [3.05, 3.63) is 35.1 Å². The van der Waals surface area contributed by atoms with Crippen molar-refractivity contribution in [3.63, 3.8) is 0 Å². The summed E-state index contributed by atoms with van der Waals surface area (Å²) in [6.07, 6.45) is 0. The van der Waals surface area contributed by atoms with Crippen LogP contribution < -0.4 is 9.47 Å². The van der Waals surface area contributed by atoms with Crippen LogP contribution in [0.25, 0.3) is 0 Å². The Morgan fingerprint density at radius 2 is 2.00 bits per heavy atom.